The molecular formula is C15H23N3O2. The molecular weight excluding hydrogens is 254 g/mol. The van der Waals surface area contributed by atoms with Gasteiger partial charge in [0, 0.05) is 24.3 Å². The molecule has 5 nitrogen and oxygen atoms in total. The number of likely N-dealkylation sites (tertiary alicyclic amines) is 1. The summed E-state index contributed by atoms with van der Waals surface area (Å²) in [5.41, 5.74) is 6.55. The highest BCUT2D eigenvalue weighted by atomic mass is 16.5. The average Bonchev–Trinajstić information content (AvgIpc) is 2.79. The zero-order valence-corrected chi connectivity index (χ0v) is 12.1. The fourth-order valence-electron chi connectivity index (χ4n) is 2.75. The van der Waals surface area contributed by atoms with Gasteiger partial charge in [-0.3, -0.25) is 9.69 Å². The van der Waals surface area contributed by atoms with Crippen LogP contribution in [0.25, 0.3) is 0 Å². The standard InChI is InChI=1S/C15H23N3O2/c1-11-6-7-18(14(11)9-16)10-15(19)17-12-4-3-5-13(8-12)20-2/h3-5,8,11,14H,6-7,9-10,16H2,1-2H3,(H,17,19). The molecule has 1 fully saturated rings. The van der Waals surface area contributed by atoms with Crippen LogP contribution in [-0.2, 0) is 4.79 Å². The van der Waals surface area contributed by atoms with Crippen LogP contribution >= 0.6 is 0 Å². The fraction of sp³-hybridized carbons (Fsp3) is 0.533. The van der Waals surface area contributed by atoms with Gasteiger partial charge in [0.25, 0.3) is 0 Å². The molecule has 5 heteroatoms. The Morgan fingerprint density at radius 3 is 3.05 bits per heavy atom. The molecule has 2 unspecified atom stereocenters. The fourth-order valence-corrected chi connectivity index (χ4v) is 2.75. The van der Waals surface area contributed by atoms with E-state index in [2.05, 4.69) is 17.1 Å². The molecule has 2 atom stereocenters. The maximum absolute atomic E-state index is 12.1. The third-order valence-corrected chi connectivity index (χ3v) is 3.94. The van der Waals surface area contributed by atoms with Crippen LogP contribution in [0.4, 0.5) is 5.69 Å². The molecule has 1 amide bonds. The molecule has 0 spiro atoms. The van der Waals surface area contributed by atoms with Gasteiger partial charge in [-0.2, -0.15) is 0 Å². The number of hydrogen-bond acceptors (Lipinski definition) is 4. The first-order valence-corrected chi connectivity index (χ1v) is 7.02. The quantitative estimate of drug-likeness (QED) is 0.851. The molecule has 1 heterocycles. The number of rotatable bonds is 5. The maximum atomic E-state index is 12.1. The smallest absolute Gasteiger partial charge is 0.238 e. The Labute approximate surface area is 120 Å². The first-order chi connectivity index (χ1) is 9.63. The van der Waals surface area contributed by atoms with Gasteiger partial charge in [-0.05, 0) is 31.0 Å². The summed E-state index contributed by atoms with van der Waals surface area (Å²) >= 11 is 0. The average molecular weight is 277 g/mol. The Morgan fingerprint density at radius 1 is 1.55 bits per heavy atom. The lowest BCUT2D eigenvalue weighted by molar-refractivity contribution is -0.117. The van der Waals surface area contributed by atoms with Gasteiger partial charge in [0.2, 0.25) is 5.91 Å². The molecule has 1 aliphatic rings. The van der Waals surface area contributed by atoms with Crippen LogP contribution < -0.4 is 15.8 Å². The number of methoxy groups -OCH3 is 1. The number of hydrogen-bond donors (Lipinski definition) is 2. The summed E-state index contributed by atoms with van der Waals surface area (Å²) in [4.78, 5) is 14.3. The molecule has 1 aliphatic heterocycles. The van der Waals surface area contributed by atoms with Crippen molar-refractivity contribution in [3.8, 4) is 5.75 Å². The molecule has 1 saturated heterocycles. The van der Waals surface area contributed by atoms with Crippen molar-refractivity contribution in [1.82, 2.24) is 4.90 Å². The van der Waals surface area contributed by atoms with Crippen molar-refractivity contribution in [3.63, 3.8) is 0 Å². The van der Waals surface area contributed by atoms with E-state index in [-0.39, 0.29) is 5.91 Å². The van der Waals surface area contributed by atoms with Crippen molar-refractivity contribution in [2.45, 2.75) is 19.4 Å². The highest BCUT2D eigenvalue weighted by Gasteiger charge is 2.30. The topological polar surface area (TPSA) is 67.6 Å². The number of nitrogens with one attached hydrogen (secondary N) is 1. The third-order valence-electron chi connectivity index (χ3n) is 3.94. The third kappa shape index (κ3) is 3.49. The molecule has 0 aliphatic carbocycles. The number of nitrogens with two attached hydrogens (primary N) is 1. The van der Waals surface area contributed by atoms with Crippen LogP contribution in [-0.4, -0.2) is 43.6 Å². The maximum Gasteiger partial charge on any atom is 0.238 e. The highest BCUT2D eigenvalue weighted by molar-refractivity contribution is 5.92. The van der Waals surface area contributed by atoms with Crippen molar-refractivity contribution < 1.29 is 9.53 Å². The monoisotopic (exact) mass is 277 g/mol. The van der Waals surface area contributed by atoms with Crippen molar-refractivity contribution in [2.24, 2.45) is 11.7 Å². The predicted octanol–water partition coefficient (Wildman–Crippen LogP) is 1.30. The predicted molar refractivity (Wildman–Crippen MR) is 79.8 cm³/mol. The van der Waals surface area contributed by atoms with Crippen molar-refractivity contribution in [3.05, 3.63) is 24.3 Å². The lowest BCUT2D eigenvalue weighted by Gasteiger charge is -2.24. The van der Waals surface area contributed by atoms with E-state index < -0.39 is 0 Å². The lowest BCUT2D eigenvalue weighted by atomic mass is 10.0. The Bertz CT molecular complexity index is 464. The van der Waals surface area contributed by atoms with Gasteiger partial charge < -0.3 is 15.8 Å². The van der Waals surface area contributed by atoms with Gasteiger partial charge >= 0.3 is 0 Å². The molecule has 110 valence electrons. The van der Waals surface area contributed by atoms with E-state index in [1.165, 1.54) is 0 Å². The molecule has 20 heavy (non-hydrogen) atoms. The van der Waals surface area contributed by atoms with Crippen molar-refractivity contribution in [1.29, 1.82) is 0 Å². The Morgan fingerprint density at radius 2 is 2.35 bits per heavy atom. The molecule has 3 N–H and O–H groups in total. The second-order valence-corrected chi connectivity index (χ2v) is 5.32. The molecule has 0 bridgehead atoms. The van der Waals surface area contributed by atoms with Gasteiger partial charge in [0.1, 0.15) is 5.75 Å². The van der Waals surface area contributed by atoms with Crippen LogP contribution in [0.15, 0.2) is 24.3 Å². The number of anilines is 1. The summed E-state index contributed by atoms with van der Waals surface area (Å²) in [6.45, 7) is 4.13. The normalized spacial score (nSPS) is 22.8. The van der Waals surface area contributed by atoms with E-state index in [9.17, 15) is 4.79 Å². The zero-order valence-electron chi connectivity index (χ0n) is 12.1. The van der Waals surface area contributed by atoms with Crippen LogP contribution in [0.3, 0.4) is 0 Å². The molecule has 1 aromatic rings. The summed E-state index contributed by atoms with van der Waals surface area (Å²) < 4.78 is 5.14. The molecule has 0 radical (unpaired) electrons. The van der Waals surface area contributed by atoms with Crippen LogP contribution in [0, 0.1) is 5.92 Å². The van der Waals surface area contributed by atoms with E-state index in [0.29, 0.717) is 25.0 Å². The first-order valence-electron chi connectivity index (χ1n) is 7.02. The number of benzene rings is 1. The molecule has 1 aromatic carbocycles. The lowest BCUT2D eigenvalue weighted by Crippen LogP contribution is -2.42. The Balaban J connectivity index is 1.92. The van der Waals surface area contributed by atoms with E-state index in [0.717, 1.165) is 24.4 Å². The van der Waals surface area contributed by atoms with Gasteiger partial charge in [-0.1, -0.05) is 13.0 Å². The minimum atomic E-state index is -0.00852. The van der Waals surface area contributed by atoms with Crippen LogP contribution in [0.2, 0.25) is 0 Å². The number of nitrogens with zero attached hydrogens (tertiary/aromatic N) is 1. The van der Waals surface area contributed by atoms with E-state index >= 15 is 0 Å². The number of ether oxygens (including phenoxy) is 1. The second kappa shape index (κ2) is 6.72. The summed E-state index contributed by atoms with van der Waals surface area (Å²) in [6.07, 6.45) is 1.11. The summed E-state index contributed by atoms with van der Waals surface area (Å²) in [5.74, 6) is 1.29. The minimum Gasteiger partial charge on any atom is -0.497 e. The second-order valence-electron chi connectivity index (χ2n) is 5.32. The van der Waals surface area contributed by atoms with E-state index in [4.69, 9.17) is 10.5 Å². The van der Waals surface area contributed by atoms with Gasteiger partial charge in [-0.25, -0.2) is 0 Å². The van der Waals surface area contributed by atoms with Gasteiger partial charge in [0.15, 0.2) is 0 Å². The Hall–Kier alpha value is -1.59. The Kier molecular flexibility index (Phi) is 4.98. The molecule has 2 rings (SSSR count). The van der Waals surface area contributed by atoms with Crippen molar-refractivity contribution in [2.75, 3.05) is 32.1 Å². The van der Waals surface area contributed by atoms with Gasteiger partial charge in [0.05, 0.1) is 13.7 Å². The van der Waals surface area contributed by atoms with E-state index in [1.54, 1.807) is 7.11 Å². The summed E-state index contributed by atoms with van der Waals surface area (Å²) in [7, 11) is 1.61. The first kappa shape index (κ1) is 14.8. The van der Waals surface area contributed by atoms with Crippen LogP contribution in [0.5, 0.6) is 5.75 Å². The summed E-state index contributed by atoms with van der Waals surface area (Å²) in [6, 6.07) is 7.68. The summed E-state index contributed by atoms with van der Waals surface area (Å²) in [5, 5.41) is 2.90. The highest BCUT2D eigenvalue weighted by Crippen LogP contribution is 2.23. The molecule has 0 saturated carbocycles. The largest absolute Gasteiger partial charge is 0.497 e. The number of carbonyl (C=O) groups is 1. The SMILES string of the molecule is COc1cccc(NC(=O)CN2CCC(C)C2CN)c1. The number of amides is 1. The molecule has 0 aromatic heterocycles. The van der Waals surface area contributed by atoms with Crippen LogP contribution in [0.1, 0.15) is 13.3 Å². The minimum absolute atomic E-state index is 0.00852. The van der Waals surface area contributed by atoms with Gasteiger partial charge in [-0.15, -0.1) is 0 Å². The van der Waals surface area contributed by atoms with E-state index in [1.807, 2.05) is 24.3 Å². The number of carbonyl (C=O) groups excluding carboxylic acids is 1. The van der Waals surface area contributed by atoms with Crippen molar-refractivity contribution >= 4 is 11.6 Å². The zero-order chi connectivity index (χ0) is 14.5.